The maximum Gasteiger partial charge on any atom is 0.248 e. The van der Waals surface area contributed by atoms with Gasteiger partial charge in [0.25, 0.3) is 0 Å². The zero-order valence-electron chi connectivity index (χ0n) is 10.3. The van der Waals surface area contributed by atoms with Gasteiger partial charge in [0.15, 0.2) is 0 Å². The lowest BCUT2D eigenvalue weighted by atomic mass is 10.1. The fourth-order valence-corrected chi connectivity index (χ4v) is 2.07. The van der Waals surface area contributed by atoms with Crippen molar-refractivity contribution in [1.29, 1.82) is 0 Å². The molecule has 1 saturated heterocycles. The van der Waals surface area contributed by atoms with Gasteiger partial charge < -0.3 is 26.8 Å². The Labute approximate surface area is 110 Å². The van der Waals surface area contributed by atoms with Crippen LogP contribution in [0.15, 0.2) is 18.2 Å². The van der Waals surface area contributed by atoms with Gasteiger partial charge in [-0.15, -0.1) is 0 Å². The Bertz CT molecular complexity index is 518. The lowest BCUT2D eigenvalue weighted by Gasteiger charge is -2.36. The number of carbonyl (C=O) groups excluding carboxylic acids is 2. The average molecular weight is 264 g/mol. The van der Waals surface area contributed by atoms with Crippen molar-refractivity contribution in [2.75, 3.05) is 30.4 Å². The van der Waals surface area contributed by atoms with Crippen LogP contribution in [0, 0.1) is 0 Å². The predicted octanol–water partition coefficient (Wildman–Crippen LogP) is -0.942. The van der Waals surface area contributed by atoms with Gasteiger partial charge in [-0.05, 0) is 18.2 Å². The largest absolute Gasteiger partial charge is 0.397 e. The van der Waals surface area contributed by atoms with Crippen LogP contribution in [0.4, 0.5) is 11.4 Å². The molecule has 1 aromatic carbocycles. The number of hydrogen-bond acceptors (Lipinski definition) is 5. The molecule has 1 aromatic rings. The van der Waals surface area contributed by atoms with Gasteiger partial charge in [-0.1, -0.05) is 0 Å². The van der Waals surface area contributed by atoms with Gasteiger partial charge in [-0.2, -0.15) is 0 Å². The topological polar surface area (TPSA) is 125 Å². The summed E-state index contributed by atoms with van der Waals surface area (Å²) in [5.74, 6) is -1.05. The first kappa shape index (κ1) is 13.2. The van der Waals surface area contributed by atoms with E-state index in [1.807, 2.05) is 0 Å². The Balaban J connectivity index is 2.40. The second-order valence-electron chi connectivity index (χ2n) is 4.32. The third-order valence-corrected chi connectivity index (χ3v) is 3.08. The lowest BCUT2D eigenvalue weighted by Crippen LogP contribution is -2.52. The monoisotopic (exact) mass is 264 g/mol. The smallest absolute Gasteiger partial charge is 0.248 e. The number of ether oxygens (including phenoxy) is 1. The summed E-state index contributed by atoms with van der Waals surface area (Å²) < 4.78 is 5.24. The number of nitrogen functional groups attached to an aromatic ring is 1. The molecule has 0 bridgehead atoms. The van der Waals surface area contributed by atoms with Crippen molar-refractivity contribution in [1.82, 2.24) is 0 Å². The molecule has 0 saturated carbocycles. The van der Waals surface area contributed by atoms with Gasteiger partial charge >= 0.3 is 0 Å². The highest BCUT2D eigenvalue weighted by Gasteiger charge is 2.29. The first-order valence-electron chi connectivity index (χ1n) is 5.83. The summed E-state index contributed by atoms with van der Waals surface area (Å²) in [7, 11) is 0. The van der Waals surface area contributed by atoms with E-state index in [0.29, 0.717) is 30.1 Å². The van der Waals surface area contributed by atoms with Crippen LogP contribution in [0.3, 0.4) is 0 Å². The minimum Gasteiger partial charge on any atom is -0.397 e. The van der Waals surface area contributed by atoms with Gasteiger partial charge in [-0.25, -0.2) is 0 Å². The second-order valence-corrected chi connectivity index (χ2v) is 4.32. The zero-order chi connectivity index (χ0) is 14.0. The zero-order valence-corrected chi connectivity index (χ0v) is 10.3. The Morgan fingerprint density at radius 2 is 2.05 bits per heavy atom. The molecule has 6 N–H and O–H groups in total. The molecule has 1 aliphatic heterocycles. The number of benzene rings is 1. The normalized spacial score (nSPS) is 19.2. The van der Waals surface area contributed by atoms with Gasteiger partial charge in [-0.3, -0.25) is 9.59 Å². The first-order valence-corrected chi connectivity index (χ1v) is 5.83. The summed E-state index contributed by atoms with van der Waals surface area (Å²) in [5, 5.41) is 0. The molecule has 0 aromatic heterocycles. The molecule has 7 heteroatoms. The molecule has 1 atom stereocenters. The number of morpholine rings is 1. The number of hydrogen-bond donors (Lipinski definition) is 3. The van der Waals surface area contributed by atoms with Crippen LogP contribution in [0.25, 0.3) is 0 Å². The van der Waals surface area contributed by atoms with Gasteiger partial charge in [0, 0.05) is 12.1 Å². The minimum absolute atomic E-state index is 0.204. The molecule has 7 nitrogen and oxygen atoms in total. The molecule has 1 heterocycles. The van der Waals surface area contributed by atoms with E-state index in [1.165, 1.54) is 0 Å². The van der Waals surface area contributed by atoms with Crippen molar-refractivity contribution >= 4 is 23.2 Å². The number of anilines is 2. The summed E-state index contributed by atoms with van der Waals surface area (Å²) in [6.45, 7) is 1.14. The third-order valence-electron chi connectivity index (χ3n) is 3.08. The van der Waals surface area contributed by atoms with Gasteiger partial charge in [0.1, 0.15) is 6.04 Å². The SMILES string of the molecule is NC(=O)c1ccc(N)c(N2CCOCC2C(N)=O)c1. The third kappa shape index (κ3) is 2.60. The van der Waals surface area contributed by atoms with Crippen molar-refractivity contribution in [2.45, 2.75) is 6.04 Å². The van der Waals surface area contributed by atoms with E-state index in [-0.39, 0.29) is 6.61 Å². The number of primary amides is 2. The van der Waals surface area contributed by atoms with E-state index in [4.69, 9.17) is 21.9 Å². The van der Waals surface area contributed by atoms with Gasteiger partial charge in [0.2, 0.25) is 11.8 Å². The van der Waals surface area contributed by atoms with Gasteiger partial charge in [0.05, 0.1) is 24.6 Å². The molecule has 1 aliphatic rings. The molecule has 1 unspecified atom stereocenters. The Morgan fingerprint density at radius 3 is 2.68 bits per heavy atom. The Hall–Kier alpha value is -2.28. The highest BCUT2D eigenvalue weighted by atomic mass is 16.5. The lowest BCUT2D eigenvalue weighted by molar-refractivity contribution is -0.121. The number of rotatable bonds is 3. The van der Waals surface area contributed by atoms with Crippen LogP contribution >= 0.6 is 0 Å². The fourth-order valence-electron chi connectivity index (χ4n) is 2.07. The second kappa shape index (κ2) is 5.15. The molecule has 1 fully saturated rings. The van der Waals surface area contributed by atoms with E-state index < -0.39 is 17.9 Å². The van der Waals surface area contributed by atoms with Crippen LogP contribution in [0.1, 0.15) is 10.4 Å². The first-order chi connectivity index (χ1) is 9.00. The summed E-state index contributed by atoms with van der Waals surface area (Å²) in [4.78, 5) is 24.4. The van der Waals surface area contributed by atoms with Crippen molar-refractivity contribution in [3.8, 4) is 0 Å². The molecule has 102 valence electrons. The average Bonchev–Trinajstić information content (AvgIpc) is 2.39. The van der Waals surface area contributed by atoms with Crippen LogP contribution in [0.2, 0.25) is 0 Å². The summed E-state index contributed by atoms with van der Waals surface area (Å²) >= 11 is 0. The Kier molecular flexibility index (Phi) is 3.57. The van der Waals surface area contributed by atoms with Crippen molar-refractivity contribution in [2.24, 2.45) is 11.5 Å². The summed E-state index contributed by atoms with van der Waals surface area (Å²) in [6, 6.07) is 4.10. The molecule has 0 spiro atoms. The molecular formula is C12H16N4O3. The van der Waals surface area contributed by atoms with Crippen LogP contribution in [0.5, 0.6) is 0 Å². The maximum absolute atomic E-state index is 11.4. The minimum atomic E-state index is -0.598. The molecule has 0 aliphatic carbocycles. The number of nitrogens with two attached hydrogens (primary N) is 3. The standard InChI is InChI=1S/C12H16N4O3/c13-8-2-1-7(11(14)17)5-9(8)16-3-4-19-6-10(16)12(15)18/h1-2,5,10H,3-4,6,13H2,(H2,14,17)(H2,15,18). The van der Waals surface area contributed by atoms with Crippen LogP contribution in [-0.4, -0.2) is 37.6 Å². The van der Waals surface area contributed by atoms with Crippen molar-refractivity contribution in [3.63, 3.8) is 0 Å². The van der Waals surface area contributed by atoms with E-state index >= 15 is 0 Å². The van der Waals surface area contributed by atoms with Crippen LogP contribution in [-0.2, 0) is 9.53 Å². The predicted molar refractivity (Wildman–Crippen MR) is 70.5 cm³/mol. The Morgan fingerprint density at radius 1 is 1.32 bits per heavy atom. The highest BCUT2D eigenvalue weighted by Crippen LogP contribution is 2.27. The van der Waals surface area contributed by atoms with E-state index in [0.717, 1.165) is 0 Å². The maximum atomic E-state index is 11.4. The molecule has 0 radical (unpaired) electrons. The number of nitrogens with zero attached hydrogens (tertiary/aromatic N) is 1. The van der Waals surface area contributed by atoms with Crippen LogP contribution < -0.4 is 22.1 Å². The molecule has 19 heavy (non-hydrogen) atoms. The molecule has 2 rings (SSSR count). The quantitative estimate of drug-likeness (QED) is 0.607. The van der Waals surface area contributed by atoms with E-state index in [1.54, 1.807) is 23.1 Å². The summed E-state index contributed by atoms with van der Waals surface area (Å²) in [6.07, 6.45) is 0. The number of carbonyl (C=O) groups is 2. The molecule has 2 amide bonds. The van der Waals surface area contributed by atoms with Crippen molar-refractivity contribution < 1.29 is 14.3 Å². The fraction of sp³-hybridized carbons (Fsp3) is 0.333. The van der Waals surface area contributed by atoms with E-state index in [2.05, 4.69) is 0 Å². The van der Waals surface area contributed by atoms with E-state index in [9.17, 15) is 9.59 Å². The highest BCUT2D eigenvalue weighted by molar-refractivity contribution is 5.95. The van der Waals surface area contributed by atoms with Crippen molar-refractivity contribution in [3.05, 3.63) is 23.8 Å². The number of amides is 2. The molecular weight excluding hydrogens is 248 g/mol. The summed E-state index contributed by atoms with van der Waals surface area (Å²) in [5.41, 5.74) is 17.8.